The summed E-state index contributed by atoms with van der Waals surface area (Å²) in [6.07, 6.45) is 4.20. The Bertz CT molecular complexity index is 507. The lowest BCUT2D eigenvalue weighted by atomic mass is 10.0. The van der Waals surface area contributed by atoms with E-state index in [0.29, 0.717) is 12.0 Å². The molecular weight excluding hydrogens is 264 g/mol. The summed E-state index contributed by atoms with van der Waals surface area (Å²) < 4.78 is 0. The van der Waals surface area contributed by atoms with Gasteiger partial charge < -0.3 is 5.32 Å². The fourth-order valence-corrected chi connectivity index (χ4v) is 2.99. The third-order valence-electron chi connectivity index (χ3n) is 3.59. The number of hydrogen-bond acceptors (Lipinski definition) is 3. The largest absolute Gasteiger partial charge is 0.314 e. The Balaban J connectivity index is 1.71. The van der Waals surface area contributed by atoms with Crippen molar-refractivity contribution in [3.8, 4) is 0 Å². The van der Waals surface area contributed by atoms with Crippen LogP contribution >= 0.6 is 11.3 Å². The monoisotopic (exact) mass is 288 g/mol. The second-order valence-corrected chi connectivity index (χ2v) is 6.53. The van der Waals surface area contributed by atoms with E-state index in [4.69, 9.17) is 0 Å². The highest BCUT2D eigenvalue weighted by Crippen LogP contribution is 2.17. The van der Waals surface area contributed by atoms with Crippen molar-refractivity contribution in [1.29, 1.82) is 0 Å². The van der Waals surface area contributed by atoms with Gasteiger partial charge >= 0.3 is 0 Å². The molecule has 1 N–H and O–H groups in total. The number of hydrogen-bond donors (Lipinski definition) is 1. The van der Waals surface area contributed by atoms with Crippen molar-refractivity contribution in [2.24, 2.45) is 0 Å². The maximum Gasteiger partial charge on any atom is 0.0965 e. The average Bonchev–Trinajstić information content (AvgIpc) is 2.97. The van der Waals surface area contributed by atoms with E-state index in [1.165, 1.54) is 22.6 Å². The Labute approximate surface area is 126 Å². The van der Waals surface area contributed by atoms with Crippen LogP contribution in [0.2, 0.25) is 0 Å². The van der Waals surface area contributed by atoms with Gasteiger partial charge in [0.1, 0.15) is 0 Å². The molecule has 1 heterocycles. The van der Waals surface area contributed by atoms with Crippen molar-refractivity contribution >= 4 is 11.3 Å². The molecule has 0 saturated carbocycles. The molecule has 0 spiro atoms. The molecule has 0 amide bonds. The average molecular weight is 288 g/mol. The summed E-state index contributed by atoms with van der Waals surface area (Å²) in [5.41, 5.74) is 2.78. The molecule has 0 radical (unpaired) electrons. The molecule has 2 atom stereocenters. The number of aromatic nitrogens is 1. The van der Waals surface area contributed by atoms with Gasteiger partial charge in [0.15, 0.2) is 0 Å². The van der Waals surface area contributed by atoms with Gasteiger partial charge in [-0.15, -0.1) is 11.3 Å². The van der Waals surface area contributed by atoms with Crippen LogP contribution in [0.15, 0.2) is 35.8 Å². The lowest BCUT2D eigenvalue weighted by molar-refractivity contribution is 0.492. The van der Waals surface area contributed by atoms with Crippen LogP contribution in [0, 0.1) is 6.92 Å². The number of benzene rings is 1. The van der Waals surface area contributed by atoms with Crippen molar-refractivity contribution in [1.82, 2.24) is 10.3 Å². The van der Waals surface area contributed by atoms with Crippen LogP contribution in [0.25, 0.3) is 0 Å². The molecule has 3 heteroatoms. The van der Waals surface area contributed by atoms with Gasteiger partial charge in [0.05, 0.1) is 5.01 Å². The summed E-state index contributed by atoms with van der Waals surface area (Å²) in [5, 5.41) is 6.90. The maximum atomic E-state index is 4.38. The van der Waals surface area contributed by atoms with Crippen LogP contribution in [0.4, 0.5) is 0 Å². The van der Waals surface area contributed by atoms with E-state index in [2.05, 4.69) is 55.3 Å². The number of nitrogens with zero attached hydrogens (tertiary/aromatic N) is 1. The summed E-state index contributed by atoms with van der Waals surface area (Å²) in [7, 11) is 0. The Morgan fingerprint density at radius 3 is 2.85 bits per heavy atom. The standard InChI is InChI=1S/C17H24N2S/c1-13-5-4-6-16(11-13)8-7-15(3)19-12-14(2)17-18-9-10-20-17/h4-6,9-11,14-15,19H,7-8,12H2,1-3H3. The van der Waals surface area contributed by atoms with Crippen molar-refractivity contribution in [3.63, 3.8) is 0 Å². The highest BCUT2D eigenvalue weighted by molar-refractivity contribution is 7.09. The number of nitrogens with one attached hydrogen (secondary N) is 1. The highest BCUT2D eigenvalue weighted by atomic mass is 32.1. The van der Waals surface area contributed by atoms with Gasteiger partial charge in [-0.1, -0.05) is 36.8 Å². The Kier molecular flexibility index (Phi) is 5.74. The zero-order valence-electron chi connectivity index (χ0n) is 12.6. The van der Waals surface area contributed by atoms with Gasteiger partial charge in [-0.3, -0.25) is 0 Å². The van der Waals surface area contributed by atoms with Crippen LogP contribution < -0.4 is 5.32 Å². The Hall–Kier alpha value is -1.19. The molecule has 1 aromatic heterocycles. The molecule has 0 fully saturated rings. The van der Waals surface area contributed by atoms with Gasteiger partial charge in [-0.25, -0.2) is 4.98 Å². The summed E-state index contributed by atoms with van der Waals surface area (Å²) in [5.74, 6) is 0.497. The zero-order chi connectivity index (χ0) is 14.4. The van der Waals surface area contributed by atoms with E-state index in [1.807, 2.05) is 11.6 Å². The molecule has 2 aromatic rings. The van der Waals surface area contributed by atoms with E-state index in [1.54, 1.807) is 11.3 Å². The third-order valence-corrected chi connectivity index (χ3v) is 4.60. The summed E-state index contributed by atoms with van der Waals surface area (Å²) in [6.45, 7) is 7.66. The van der Waals surface area contributed by atoms with Gasteiger partial charge in [-0.2, -0.15) is 0 Å². The van der Waals surface area contributed by atoms with E-state index in [-0.39, 0.29) is 0 Å². The fraction of sp³-hybridized carbons (Fsp3) is 0.471. The molecule has 0 bridgehead atoms. The quantitative estimate of drug-likeness (QED) is 0.827. The van der Waals surface area contributed by atoms with Crippen LogP contribution in [0.3, 0.4) is 0 Å². The number of rotatable bonds is 7. The van der Waals surface area contributed by atoms with Crippen LogP contribution in [-0.2, 0) is 6.42 Å². The summed E-state index contributed by atoms with van der Waals surface area (Å²) in [4.78, 5) is 4.38. The van der Waals surface area contributed by atoms with Crippen LogP contribution in [0.5, 0.6) is 0 Å². The minimum atomic E-state index is 0.497. The Morgan fingerprint density at radius 1 is 1.30 bits per heavy atom. The lowest BCUT2D eigenvalue weighted by Crippen LogP contribution is -2.30. The number of thiazole rings is 1. The smallest absolute Gasteiger partial charge is 0.0965 e. The predicted octanol–water partition coefficient (Wildman–Crippen LogP) is 4.17. The van der Waals surface area contributed by atoms with Crippen molar-refractivity contribution in [3.05, 3.63) is 52.0 Å². The van der Waals surface area contributed by atoms with Gasteiger partial charge in [0.2, 0.25) is 0 Å². The first-order valence-electron chi connectivity index (χ1n) is 7.33. The van der Waals surface area contributed by atoms with Gasteiger partial charge in [0.25, 0.3) is 0 Å². The van der Waals surface area contributed by atoms with E-state index in [9.17, 15) is 0 Å². The predicted molar refractivity (Wildman–Crippen MR) is 87.5 cm³/mol. The SMILES string of the molecule is Cc1cccc(CCC(C)NCC(C)c2nccs2)c1. The maximum absolute atomic E-state index is 4.38. The first-order chi connectivity index (χ1) is 9.65. The van der Waals surface area contributed by atoms with Crippen molar-refractivity contribution < 1.29 is 0 Å². The molecular formula is C17H24N2S. The normalized spacial score (nSPS) is 14.2. The highest BCUT2D eigenvalue weighted by Gasteiger charge is 2.09. The molecule has 0 aliphatic carbocycles. The number of aryl methyl sites for hydroxylation is 2. The van der Waals surface area contributed by atoms with Crippen LogP contribution in [0.1, 0.15) is 42.3 Å². The van der Waals surface area contributed by atoms with Crippen molar-refractivity contribution in [2.45, 2.75) is 45.6 Å². The van der Waals surface area contributed by atoms with Gasteiger partial charge in [-0.05, 0) is 32.3 Å². The van der Waals surface area contributed by atoms with E-state index in [0.717, 1.165) is 13.0 Å². The molecule has 2 nitrogen and oxygen atoms in total. The van der Waals surface area contributed by atoms with E-state index < -0.39 is 0 Å². The molecule has 0 saturated heterocycles. The molecule has 1 aromatic carbocycles. The molecule has 0 aliphatic rings. The molecule has 20 heavy (non-hydrogen) atoms. The lowest BCUT2D eigenvalue weighted by Gasteiger charge is -2.16. The van der Waals surface area contributed by atoms with E-state index >= 15 is 0 Å². The third kappa shape index (κ3) is 4.73. The topological polar surface area (TPSA) is 24.9 Å². The second kappa shape index (κ2) is 7.55. The van der Waals surface area contributed by atoms with Gasteiger partial charge in [0, 0.05) is 30.1 Å². The first kappa shape index (κ1) is 15.2. The Morgan fingerprint density at radius 2 is 2.15 bits per heavy atom. The second-order valence-electron chi connectivity index (χ2n) is 5.61. The fourth-order valence-electron chi connectivity index (χ4n) is 2.30. The molecule has 2 rings (SSSR count). The molecule has 108 valence electrons. The molecule has 2 unspecified atom stereocenters. The minimum absolute atomic E-state index is 0.497. The summed E-state index contributed by atoms with van der Waals surface area (Å²) in [6, 6.07) is 9.34. The van der Waals surface area contributed by atoms with Crippen molar-refractivity contribution in [2.75, 3.05) is 6.54 Å². The first-order valence-corrected chi connectivity index (χ1v) is 8.21. The summed E-state index contributed by atoms with van der Waals surface area (Å²) >= 11 is 1.74. The zero-order valence-corrected chi connectivity index (χ0v) is 13.4. The molecule has 0 aliphatic heterocycles. The van der Waals surface area contributed by atoms with Crippen LogP contribution in [-0.4, -0.2) is 17.6 Å². The minimum Gasteiger partial charge on any atom is -0.314 e.